The second kappa shape index (κ2) is 10.2. The van der Waals surface area contributed by atoms with E-state index in [9.17, 15) is 28.9 Å². The van der Waals surface area contributed by atoms with Crippen LogP contribution in [0, 0.1) is 10.8 Å². The van der Waals surface area contributed by atoms with Crippen LogP contribution in [0.25, 0.3) is 0 Å². The summed E-state index contributed by atoms with van der Waals surface area (Å²) in [6.45, 7) is 6.36. The maximum absolute atomic E-state index is 13.4. The number of nitrogens with one attached hydrogen (secondary N) is 3. The predicted molar refractivity (Wildman–Crippen MR) is 114 cm³/mol. The average Bonchev–Trinajstić information content (AvgIpc) is 2.86. The van der Waals surface area contributed by atoms with E-state index in [0.717, 1.165) is 0 Å². The number of fused-ring (bicyclic) bond motifs is 1. The van der Waals surface area contributed by atoms with Gasteiger partial charge < -0.3 is 16.4 Å². The molecule has 0 aromatic heterocycles. The minimum atomic E-state index is -1.02. The van der Waals surface area contributed by atoms with Crippen LogP contribution in [0.1, 0.15) is 61.3 Å². The molecule has 3 atom stereocenters. The molecule has 2 rings (SSSR count). The number of hydrogen-bond donors (Lipinski definition) is 4. The van der Waals surface area contributed by atoms with E-state index in [4.69, 9.17) is 5.73 Å². The molecule has 1 aliphatic rings. The minimum absolute atomic E-state index is 0.00582. The van der Waals surface area contributed by atoms with Crippen molar-refractivity contribution in [2.24, 2.45) is 11.7 Å². The SMILES string of the molecule is CC(C)[C@H](NC(=O)[C@H](C)NC(=O)[C@H](C)N)C(=O)c1cccc2c1C(=O)CCC(=O)N2[NH+]=O. The Morgan fingerprint density at radius 2 is 1.69 bits per heavy atom. The van der Waals surface area contributed by atoms with Crippen LogP contribution in [0.2, 0.25) is 0 Å². The standard InChI is InChI=1S/C21H27N5O6/c1-10(2)18(24-21(31)12(4)23-20(30)11(3)22)19(29)13-6-5-7-14-17(13)15(27)8-9-16(28)26(14)25-32/h5-7,10-12,18H,8-9,22H2,1-4H3,(H,23,30)(H,24,31)/p+1/t11-,12-,18-/m0/s1. The normalized spacial score (nSPS) is 16.5. The maximum Gasteiger partial charge on any atom is 0.288 e. The molecule has 3 amide bonds. The van der Waals surface area contributed by atoms with Crippen molar-refractivity contribution in [2.75, 3.05) is 5.01 Å². The van der Waals surface area contributed by atoms with Gasteiger partial charge in [0.1, 0.15) is 17.0 Å². The molecule has 1 aromatic carbocycles. The number of carbonyl (C=O) groups is 5. The lowest BCUT2D eigenvalue weighted by atomic mass is 9.89. The summed E-state index contributed by atoms with van der Waals surface area (Å²) in [5.74, 6) is -3.09. The average molecular weight is 446 g/mol. The molecule has 0 fully saturated rings. The number of ketones is 2. The molecule has 0 aliphatic carbocycles. The van der Waals surface area contributed by atoms with Gasteiger partial charge in [-0.1, -0.05) is 26.0 Å². The van der Waals surface area contributed by atoms with Crippen LogP contribution in [-0.2, 0) is 14.4 Å². The van der Waals surface area contributed by atoms with Crippen LogP contribution in [-0.4, -0.2) is 47.4 Å². The molecule has 5 N–H and O–H groups in total. The van der Waals surface area contributed by atoms with Gasteiger partial charge in [0.25, 0.3) is 5.91 Å². The summed E-state index contributed by atoms with van der Waals surface area (Å²) in [5, 5.41) is 7.29. The van der Waals surface area contributed by atoms with E-state index in [-0.39, 0.29) is 35.6 Å². The highest BCUT2D eigenvalue weighted by atomic mass is 16.3. The third kappa shape index (κ3) is 5.22. The summed E-state index contributed by atoms with van der Waals surface area (Å²) >= 11 is 0. The van der Waals surface area contributed by atoms with Gasteiger partial charge in [-0.3, -0.25) is 24.0 Å². The van der Waals surface area contributed by atoms with Crippen molar-refractivity contribution >= 4 is 35.0 Å². The van der Waals surface area contributed by atoms with Gasteiger partial charge in [-0.25, -0.2) is 0 Å². The second-order valence-corrected chi connectivity index (χ2v) is 8.06. The predicted octanol–water partition coefficient (Wildman–Crippen LogP) is -1.07. The number of nitrogens with zero attached hydrogens (tertiary/aromatic N) is 1. The van der Waals surface area contributed by atoms with Gasteiger partial charge >= 0.3 is 0 Å². The highest BCUT2D eigenvalue weighted by Crippen LogP contribution is 2.29. The maximum atomic E-state index is 13.4. The molecule has 172 valence electrons. The zero-order valence-corrected chi connectivity index (χ0v) is 18.4. The Labute approximate surface area is 185 Å². The molecule has 0 radical (unpaired) electrons. The Kier molecular flexibility index (Phi) is 7.92. The number of anilines is 1. The molecule has 0 unspecified atom stereocenters. The molecule has 11 nitrogen and oxygen atoms in total. The van der Waals surface area contributed by atoms with E-state index in [1.54, 1.807) is 13.8 Å². The fraction of sp³-hybridized carbons (Fsp3) is 0.476. The summed E-state index contributed by atoms with van der Waals surface area (Å²) in [5.41, 5.74) is 5.43. The first-order chi connectivity index (χ1) is 15.0. The van der Waals surface area contributed by atoms with Gasteiger partial charge in [-0.2, -0.15) is 0 Å². The number of nitrogens with two attached hydrogens (primary N) is 1. The first-order valence-electron chi connectivity index (χ1n) is 10.3. The van der Waals surface area contributed by atoms with Crippen LogP contribution in [0.3, 0.4) is 0 Å². The Bertz CT molecular complexity index is 958. The van der Waals surface area contributed by atoms with Crippen LogP contribution in [0.5, 0.6) is 0 Å². The van der Waals surface area contributed by atoms with Crippen LogP contribution in [0.15, 0.2) is 18.2 Å². The number of Topliss-reactive ketones (excluding diaryl/α,β-unsaturated/α-hetero) is 2. The first-order valence-corrected chi connectivity index (χ1v) is 10.3. The minimum Gasteiger partial charge on any atom is -0.344 e. The van der Waals surface area contributed by atoms with Gasteiger partial charge in [0, 0.05) is 23.3 Å². The third-order valence-electron chi connectivity index (χ3n) is 5.15. The fourth-order valence-corrected chi connectivity index (χ4v) is 3.31. The van der Waals surface area contributed by atoms with E-state index in [0.29, 0.717) is 5.01 Å². The van der Waals surface area contributed by atoms with Crippen molar-refractivity contribution in [3.8, 4) is 0 Å². The van der Waals surface area contributed by atoms with Crippen molar-refractivity contribution < 1.29 is 29.3 Å². The molecule has 1 heterocycles. The zero-order chi connectivity index (χ0) is 24.2. The van der Waals surface area contributed by atoms with Crippen molar-refractivity contribution in [1.82, 2.24) is 10.6 Å². The van der Waals surface area contributed by atoms with Gasteiger partial charge in [0.2, 0.25) is 11.8 Å². The quantitative estimate of drug-likeness (QED) is 0.369. The highest BCUT2D eigenvalue weighted by molar-refractivity contribution is 6.17. The van der Waals surface area contributed by atoms with Crippen molar-refractivity contribution in [3.63, 3.8) is 0 Å². The molecule has 1 aliphatic heterocycles. The van der Waals surface area contributed by atoms with Gasteiger partial charge in [0.05, 0.1) is 17.6 Å². The molecule has 0 spiro atoms. The lowest BCUT2D eigenvalue weighted by molar-refractivity contribution is -0.484. The number of rotatable bonds is 8. The highest BCUT2D eigenvalue weighted by Gasteiger charge is 2.36. The molecular formula is C21H28N5O6+. The molecule has 11 heteroatoms. The van der Waals surface area contributed by atoms with E-state index >= 15 is 0 Å². The summed E-state index contributed by atoms with van der Waals surface area (Å²) in [4.78, 5) is 74.0. The zero-order valence-electron chi connectivity index (χ0n) is 18.4. The van der Waals surface area contributed by atoms with Crippen molar-refractivity contribution in [3.05, 3.63) is 34.2 Å². The summed E-state index contributed by atoms with van der Waals surface area (Å²) in [7, 11) is 0. The van der Waals surface area contributed by atoms with Crippen LogP contribution in [0.4, 0.5) is 5.69 Å². The second-order valence-electron chi connectivity index (χ2n) is 8.06. The van der Waals surface area contributed by atoms with E-state index in [2.05, 4.69) is 10.6 Å². The molecule has 32 heavy (non-hydrogen) atoms. The lowest BCUT2D eigenvalue weighted by Crippen LogP contribution is -2.80. The smallest absolute Gasteiger partial charge is 0.288 e. The number of nitroso groups, excluding NO2 is 1. The summed E-state index contributed by atoms with van der Waals surface area (Å²) in [6.07, 6.45) is -0.342. The molecule has 0 saturated carbocycles. The Morgan fingerprint density at radius 3 is 2.25 bits per heavy atom. The number of hydrazine groups is 1. The topological polar surface area (TPSA) is 170 Å². The van der Waals surface area contributed by atoms with Gasteiger partial charge in [-0.15, -0.1) is 0 Å². The largest absolute Gasteiger partial charge is 0.344 e. The number of benzene rings is 1. The van der Waals surface area contributed by atoms with Gasteiger partial charge in [0.15, 0.2) is 11.6 Å². The summed E-state index contributed by atoms with van der Waals surface area (Å²) in [6, 6.07) is 1.48. The van der Waals surface area contributed by atoms with E-state index in [1.807, 2.05) is 0 Å². The van der Waals surface area contributed by atoms with Crippen LogP contribution < -0.4 is 26.7 Å². The Balaban J connectivity index is 2.39. The van der Waals surface area contributed by atoms with E-state index < -0.39 is 47.4 Å². The number of amides is 3. The van der Waals surface area contributed by atoms with Crippen molar-refractivity contribution in [1.29, 1.82) is 0 Å². The van der Waals surface area contributed by atoms with E-state index in [1.165, 1.54) is 37.3 Å². The molecule has 0 bridgehead atoms. The van der Waals surface area contributed by atoms with Gasteiger partial charge in [-0.05, 0) is 30.8 Å². The third-order valence-corrected chi connectivity index (χ3v) is 5.15. The lowest BCUT2D eigenvalue weighted by Gasteiger charge is -2.25. The monoisotopic (exact) mass is 446 g/mol. The van der Waals surface area contributed by atoms with Crippen LogP contribution >= 0.6 is 0 Å². The molecule has 0 saturated heterocycles. The molecular weight excluding hydrogens is 418 g/mol. The Hall–Kier alpha value is -3.47. The summed E-state index contributed by atoms with van der Waals surface area (Å²) < 4.78 is 0. The molecule has 1 aromatic rings. The Morgan fingerprint density at radius 1 is 1.03 bits per heavy atom. The number of carbonyl (C=O) groups excluding carboxylic acids is 5. The van der Waals surface area contributed by atoms with Crippen molar-refractivity contribution in [2.45, 2.75) is 58.7 Å². The number of hydrogen-bond acceptors (Lipinski definition) is 7. The fourth-order valence-electron chi connectivity index (χ4n) is 3.31. The first kappa shape index (κ1) is 24.8.